The van der Waals surface area contributed by atoms with Gasteiger partial charge in [-0.25, -0.2) is 8.42 Å². The van der Waals surface area contributed by atoms with Crippen molar-refractivity contribution in [2.75, 3.05) is 5.75 Å². The third-order valence-corrected chi connectivity index (χ3v) is 10.7. The highest BCUT2D eigenvalue weighted by atomic mass is 32.2. The molecule has 2 aliphatic carbocycles. The Labute approximate surface area is 170 Å². The normalized spacial score (nSPS) is 32.5. The summed E-state index contributed by atoms with van der Waals surface area (Å²) in [4.78, 5) is 0. The molecule has 0 atom stereocenters. The molecule has 0 radical (unpaired) electrons. The summed E-state index contributed by atoms with van der Waals surface area (Å²) in [5.41, 5.74) is 0. The molecular weight excluding hydrogens is 352 g/mol. The van der Waals surface area contributed by atoms with Crippen molar-refractivity contribution in [2.45, 2.75) is 128 Å². The van der Waals surface area contributed by atoms with Crippen LogP contribution in [0.15, 0.2) is 0 Å². The minimum absolute atomic E-state index is 0.326. The Hall–Kier alpha value is -0.0500. The lowest BCUT2D eigenvalue weighted by molar-refractivity contribution is 0.145. The molecule has 0 aliphatic heterocycles. The molecule has 0 N–H and O–H groups in total. The number of unbranched alkanes of at least 4 members (excludes halogenated alkanes) is 4. The molecule has 0 bridgehead atoms. The second-order valence-electron chi connectivity index (χ2n) is 9.66. The summed E-state index contributed by atoms with van der Waals surface area (Å²) >= 11 is 0. The van der Waals surface area contributed by atoms with Crippen molar-refractivity contribution in [1.29, 1.82) is 0 Å². The van der Waals surface area contributed by atoms with E-state index in [2.05, 4.69) is 13.8 Å². The number of hydrogen-bond donors (Lipinski definition) is 0. The molecule has 0 unspecified atom stereocenters. The van der Waals surface area contributed by atoms with Gasteiger partial charge < -0.3 is 0 Å². The fourth-order valence-electron chi connectivity index (χ4n) is 5.99. The van der Waals surface area contributed by atoms with Crippen LogP contribution in [0.5, 0.6) is 0 Å². The van der Waals surface area contributed by atoms with E-state index < -0.39 is 9.84 Å². The summed E-state index contributed by atoms with van der Waals surface area (Å²) in [6.07, 6.45) is 19.8. The Morgan fingerprint density at radius 1 is 0.741 bits per heavy atom. The topological polar surface area (TPSA) is 34.1 Å². The van der Waals surface area contributed by atoms with Gasteiger partial charge in [-0.15, -0.1) is 0 Å². The molecular formula is C24H46O2S. The van der Waals surface area contributed by atoms with Crippen LogP contribution in [0.2, 0.25) is 0 Å². The van der Waals surface area contributed by atoms with E-state index >= 15 is 0 Å². The zero-order valence-corrected chi connectivity index (χ0v) is 19.3. The number of sulfone groups is 1. The molecule has 0 aromatic heterocycles. The largest absolute Gasteiger partial charge is 0.228 e. The Morgan fingerprint density at radius 2 is 1.30 bits per heavy atom. The second kappa shape index (κ2) is 11.2. The van der Waals surface area contributed by atoms with Crippen LogP contribution in [0.4, 0.5) is 0 Å². The quantitative estimate of drug-likeness (QED) is 0.342. The van der Waals surface area contributed by atoms with Crippen molar-refractivity contribution in [3.8, 4) is 0 Å². The summed E-state index contributed by atoms with van der Waals surface area (Å²) in [5, 5.41) is 0. The lowest BCUT2D eigenvalue weighted by Crippen LogP contribution is -2.44. The van der Waals surface area contributed by atoms with Crippen molar-refractivity contribution in [1.82, 2.24) is 0 Å². The molecule has 0 aromatic rings. The van der Waals surface area contributed by atoms with Gasteiger partial charge in [0.05, 0.1) is 4.75 Å². The third-order valence-electron chi connectivity index (χ3n) is 7.99. The highest BCUT2D eigenvalue weighted by Crippen LogP contribution is 2.47. The predicted octanol–water partition coefficient (Wildman–Crippen LogP) is 7.32. The maximum absolute atomic E-state index is 12.9. The minimum Gasteiger partial charge on any atom is -0.228 e. The van der Waals surface area contributed by atoms with E-state index in [9.17, 15) is 8.42 Å². The molecule has 2 aliphatic rings. The molecule has 2 rings (SSSR count). The fraction of sp³-hybridized carbons (Fsp3) is 1.00. The zero-order valence-electron chi connectivity index (χ0n) is 18.5. The second-order valence-corrected chi connectivity index (χ2v) is 12.3. The first-order valence-electron chi connectivity index (χ1n) is 12.2. The predicted molar refractivity (Wildman–Crippen MR) is 118 cm³/mol. The Balaban J connectivity index is 1.85. The zero-order chi connectivity index (χ0) is 19.8. The summed E-state index contributed by atoms with van der Waals surface area (Å²) < 4.78 is 25.5. The Kier molecular flexibility index (Phi) is 9.65. The minimum atomic E-state index is -2.94. The van der Waals surface area contributed by atoms with Crippen molar-refractivity contribution in [3.63, 3.8) is 0 Å². The highest BCUT2D eigenvalue weighted by molar-refractivity contribution is 7.92. The summed E-state index contributed by atoms with van der Waals surface area (Å²) in [7, 11) is -2.94. The van der Waals surface area contributed by atoms with E-state index in [1.54, 1.807) is 0 Å². The first-order valence-corrected chi connectivity index (χ1v) is 13.9. The van der Waals surface area contributed by atoms with Gasteiger partial charge >= 0.3 is 0 Å². The van der Waals surface area contributed by atoms with Gasteiger partial charge in [-0.3, -0.25) is 0 Å². The summed E-state index contributed by atoms with van der Waals surface area (Å²) in [5.74, 6) is 2.98. The van der Waals surface area contributed by atoms with Crippen LogP contribution in [-0.2, 0) is 9.84 Å². The first-order chi connectivity index (χ1) is 13.0. The summed E-state index contributed by atoms with van der Waals surface area (Å²) in [6, 6.07) is 0. The van der Waals surface area contributed by atoms with Gasteiger partial charge in [0, 0.05) is 5.75 Å². The van der Waals surface area contributed by atoms with Gasteiger partial charge in [0.25, 0.3) is 0 Å². The number of rotatable bonds is 11. The van der Waals surface area contributed by atoms with Gasteiger partial charge in [-0.2, -0.15) is 0 Å². The van der Waals surface area contributed by atoms with Crippen LogP contribution in [0.3, 0.4) is 0 Å². The third kappa shape index (κ3) is 6.21. The average Bonchev–Trinajstić information content (AvgIpc) is 2.69. The van der Waals surface area contributed by atoms with Crippen LogP contribution in [-0.4, -0.2) is 18.9 Å². The SMILES string of the molecule is CCCCCC1CCC(C2CCC(CCCCC)(S(=O)(=O)CC)CC2)CC1. The van der Waals surface area contributed by atoms with E-state index in [0.717, 1.165) is 56.3 Å². The van der Waals surface area contributed by atoms with Crippen LogP contribution >= 0.6 is 0 Å². The molecule has 2 saturated carbocycles. The van der Waals surface area contributed by atoms with Crippen molar-refractivity contribution in [2.24, 2.45) is 17.8 Å². The molecule has 0 aromatic carbocycles. The molecule has 0 amide bonds. The summed E-state index contributed by atoms with van der Waals surface area (Å²) in [6.45, 7) is 6.35. The number of hydrogen-bond acceptors (Lipinski definition) is 2. The molecule has 3 heteroatoms. The van der Waals surface area contributed by atoms with Gasteiger partial charge in [0.2, 0.25) is 0 Å². The fourth-order valence-corrected chi connectivity index (χ4v) is 7.91. The van der Waals surface area contributed by atoms with Gasteiger partial charge in [0.1, 0.15) is 0 Å². The molecule has 2 nitrogen and oxygen atoms in total. The van der Waals surface area contributed by atoms with Crippen molar-refractivity contribution >= 4 is 9.84 Å². The van der Waals surface area contributed by atoms with E-state index in [4.69, 9.17) is 0 Å². The molecule has 0 saturated heterocycles. The van der Waals surface area contributed by atoms with Crippen LogP contribution < -0.4 is 0 Å². The van der Waals surface area contributed by atoms with Crippen LogP contribution in [0.1, 0.15) is 124 Å². The highest BCUT2D eigenvalue weighted by Gasteiger charge is 2.45. The Bertz CT molecular complexity index is 494. The van der Waals surface area contributed by atoms with Gasteiger partial charge in [-0.1, -0.05) is 78.6 Å². The van der Waals surface area contributed by atoms with Crippen LogP contribution in [0, 0.1) is 17.8 Å². The van der Waals surface area contributed by atoms with Gasteiger partial charge in [-0.05, 0) is 62.7 Å². The standard InChI is InChI=1S/C24H46O2S/c1-4-7-9-11-21-12-14-22(15-13-21)23-16-19-24(20-17-23,18-10-8-5-2)27(25,26)6-3/h21-23H,4-20H2,1-3H3. The monoisotopic (exact) mass is 398 g/mol. The Morgan fingerprint density at radius 3 is 1.85 bits per heavy atom. The van der Waals surface area contributed by atoms with Gasteiger partial charge in [0.15, 0.2) is 9.84 Å². The van der Waals surface area contributed by atoms with Crippen molar-refractivity contribution in [3.05, 3.63) is 0 Å². The smallest absolute Gasteiger partial charge is 0.155 e. The first kappa shape index (κ1) is 23.2. The maximum atomic E-state index is 12.9. The van der Waals surface area contributed by atoms with E-state index in [1.165, 1.54) is 64.2 Å². The van der Waals surface area contributed by atoms with E-state index in [-0.39, 0.29) is 4.75 Å². The lowest BCUT2D eigenvalue weighted by Gasteiger charge is -2.43. The maximum Gasteiger partial charge on any atom is 0.155 e. The molecule has 160 valence electrons. The van der Waals surface area contributed by atoms with Crippen LogP contribution in [0.25, 0.3) is 0 Å². The average molecular weight is 399 g/mol. The molecule has 0 heterocycles. The van der Waals surface area contributed by atoms with E-state index in [0.29, 0.717) is 5.75 Å². The lowest BCUT2D eigenvalue weighted by atomic mass is 9.68. The molecule has 2 fully saturated rings. The van der Waals surface area contributed by atoms with E-state index in [1.807, 2.05) is 6.92 Å². The molecule has 27 heavy (non-hydrogen) atoms. The van der Waals surface area contributed by atoms with Crippen molar-refractivity contribution < 1.29 is 8.42 Å². The molecule has 0 spiro atoms.